The Morgan fingerprint density at radius 2 is 1.71 bits per heavy atom. The Labute approximate surface area is 144 Å². The van der Waals surface area contributed by atoms with Gasteiger partial charge in [-0.05, 0) is 48.1 Å². The zero-order chi connectivity index (χ0) is 17.4. The van der Waals surface area contributed by atoms with E-state index in [-0.39, 0.29) is 5.91 Å². The molecule has 1 amide bonds. The van der Waals surface area contributed by atoms with Crippen molar-refractivity contribution in [2.75, 3.05) is 25.5 Å². The van der Waals surface area contributed by atoms with Gasteiger partial charge in [0.05, 0.1) is 6.54 Å². The van der Waals surface area contributed by atoms with E-state index in [0.717, 1.165) is 24.9 Å². The van der Waals surface area contributed by atoms with Crippen LogP contribution in [0.15, 0.2) is 42.7 Å². The van der Waals surface area contributed by atoms with E-state index in [2.05, 4.69) is 42.3 Å². The summed E-state index contributed by atoms with van der Waals surface area (Å²) in [5.74, 6) is 0.108. The van der Waals surface area contributed by atoms with Crippen molar-refractivity contribution in [2.24, 2.45) is 0 Å². The summed E-state index contributed by atoms with van der Waals surface area (Å²) in [6.07, 6.45) is 6.33. The molecule has 0 aliphatic heterocycles. The first-order valence-corrected chi connectivity index (χ1v) is 8.63. The molecule has 1 N–H and O–H groups in total. The summed E-state index contributed by atoms with van der Waals surface area (Å²) >= 11 is 0. The lowest BCUT2D eigenvalue weighted by Gasteiger charge is -2.20. The van der Waals surface area contributed by atoms with Crippen LogP contribution in [-0.4, -0.2) is 35.9 Å². The van der Waals surface area contributed by atoms with E-state index in [1.165, 1.54) is 16.7 Å². The molecule has 0 saturated carbocycles. The molecule has 0 aliphatic carbocycles. The van der Waals surface area contributed by atoms with Gasteiger partial charge in [-0.2, -0.15) is 0 Å². The van der Waals surface area contributed by atoms with Gasteiger partial charge in [0.25, 0.3) is 0 Å². The second-order valence-corrected chi connectivity index (χ2v) is 5.93. The highest BCUT2D eigenvalue weighted by molar-refractivity contribution is 5.81. The number of likely N-dealkylation sites (N-methyl/N-ethyl adjacent to an activating group) is 1. The van der Waals surface area contributed by atoms with Crippen molar-refractivity contribution in [1.82, 2.24) is 9.88 Å². The number of aryl methyl sites for hydroxylation is 2. The molecule has 0 unspecified atom stereocenters. The Bertz CT molecular complexity index is 633. The van der Waals surface area contributed by atoms with Crippen molar-refractivity contribution in [3.8, 4) is 0 Å². The Morgan fingerprint density at radius 1 is 1.08 bits per heavy atom. The maximum absolute atomic E-state index is 12.4. The van der Waals surface area contributed by atoms with E-state index < -0.39 is 0 Å². The van der Waals surface area contributed by atoms with Crippen LogP contribution in [0.25, 0.3) is 0 Å². The summed E-state index contributed by atoms with van der Waals surface area (Å²) in [6, 6.07) is 10.3. The summed E-state index contributed by atoms with van der Waals surface area (Å²) in [4.78, 5) is 18.2. The lowest BCUT2D eigenvalue weighted by atomic mass is 10.0. The van der Waals surface area contributed by atoms with Crippen LogP contribution in [0.2, 0.25) is 0 Å². The normalized spacial score (nSPS) is 10.5. The van der Waals surface area contributed by atoms with Crippen LogP contribution in [0, 0.1) is 0 Å². The number of rotatable bonds is 8. The minimum atomic E-state index is 0.108. The molecule has 1 aromatic heterocycles. The lowest BCUT2D eigenvalue weighted by Crippen LogP contribution is -2.34. The third-order valence-electron chi connectivity index (χ3n) is 4.33. The average molecular weight is 325 g/mol. The summed E-state index contributed by atoms with van der Waals surface area (Å²) in [5, 5.41) is 3.36. The lowest BCUT2D eigenvalue weighted by molar-refractivity contribution is -0.127. The van der Waals surface area contributed by atoms with Crippen LogP contribution >= 0.6 is 0 Å². The first kappa shape index (κ1) is 18.0. The highest BCUT2D eigenvalue weighted by atomic mass is 16.2. The number of benzene rings is 1. The van der Waals surface area contributed by atoms with Gasteiger partial charge < -0.3 is 10.2 Å². The molecule has 2 aromatic rings. The molecule has 2 rings (SSSR count). The van der Waals surface area contributed by atoms with Gasteiger partial charge in [0.15, 0.2) is 0 Å². The second kappa shape index (κ2) is 9.06. The van der Waals surface area contributed by atoms with Crippen molar-refractivity contribution in [3.63, 3.8) is 0 Å². The van der Waals surface area contributed by atoms with Gasteiger partial charge in [0.2, 0.25) is 5.91 Å². The van der Waals surface area contributed by atoms with Crippen molar-refractivity contribution in [1.29, 1.82) is 0 Å². The van der Waals surface area contributed by atoms with E-state index >= 15 is 0 Å². The maximum Gasteiger partial charge on any atom is 0.241 e. The number of para-hydroxylation sites is 1. The highest BCUT2D eigenvalue weighted by Gasteiger charge is 2.11. The average Bonchev–Trinajstić information content (AvgIpc) is 2.64. The van der Waals surface area contributed by atoms with Gasteiger partial charge in [0.1, 0.15) is 0 Å². The topological polar surface area (TPSA) is 45.2 Å². The van der Waals surface area contributed by atoms with Crippen molar-refractivity contribution in [2.45, 2.75) is 33.1 Å². The van der Waals surface area contributed by atoms with Crippen molar-refractivity contribution in [3.05, 3.63) is 59.4 Å². The highest BCUT2D eigenvalue weighted by Crippen LogP contribution is 2.22. The van der Waals surface area contributed by atoms with Crippen LogP contribution < -0.4 is 5.32 Å². The Hall–Kier alpha value is -2.36. The number of amides is 1. The minimum absolute atomic E-state index is 0.108. The van der Waals surface area contributed by atoms with Crippen LogP contribution in [-0.2, 0) is 24.1 Å². The fraction of sp³-hybridized carbons (Fsp3) is 0.400. The predicted octanol–water partition coefficient (Wildman–Crippen LogP) is 3.32. The summed E-state index contributed by atoms with van der Waals surface area (Å²) < 4.78 is 0. The van der Waals surface area contributed by atoms with Crippen molar-refractivity contribution < 1.29 is 4.79 Å². The molecular formula is C20H27N3O. The van der Waals surface area contributed by atoms with Crippen LogP contribution in [0.4, 0.5) is 5.69 Å². The number of carbonyl (C=O) groups is 1. The molecule has 24 heavy (non-hydrogen) atoms. The first-order chi connectivity index (χ1) is 11.7. The van der Waals surface area contributed by atoms with E-state index in [0.29, 0.717) is 13.1 Å². The van der Waals surface area contributed by atoms with Gasteiger partial charge >= 0.3 is 0 Å². The van der Waals surface area contributed by atoms with Gasteiger partial charge in [-0.3, -0.25) is 9.78 Å². The number of pyridine rings is 1. The number of aromatic nitrogens is 1. The molecule has 0 radical (unpaired) electrons. The number of carbonyl (C=O) groups excluding carboxylic acids is 1. The number of nitrogens with one attached hydrogen (secondary N) is 1. The molecule has 0 spiro atoms. The number of nitrogens with zero attached hydrogens (tertiary/aromatic N) is 2. The summed E-state index contributed by atoms with van der Waals surface area (Å²) in [7, 11) is 1.86. The first-order valence-electron chi connectivity index (χ1n) is 8.63. The van der Waals surface area contributed by atoms with E-state index in [1.54, 1.807) is 17.3 Å². The SMILES string of the molecule is CCc1cccc(CC)c1NCC(=O)N(C)CCc1ccncc1. The van der Waals surface area contributed by atoms with Crippen LogP contribution in [0.3, 0.4) is 0 Å². The smallest absolute Gasteiger partial charge is 0.241 e. The molecule has 4 heteroatoms. The molecule has 128 valence electrons. The second-order valence-electron chi connectivity index (χ2n) is 5.93. The third kappa shape index (κ3) is 4.82. The minimum Gasteiger partial charge on any atom is -0.376 e. The quantitative estimate of drug-likeness (QED) is 0.810. The fourth-order valence-electron chi connectivity index (χ4n) is 2.74. The summed E-state index contributed by atoms with van der Waals surface area (Å²) in [6.45, 7) is 5.32. The maximum atomic E-state index is 12.4. The molecule has 0 saturated heterocycles. The van der Waals surface area contributed by atoms with Gasteiger partial charge in [-0.1, -0.05) is 32.0 Å². The van der Waals surface area contributed by atoms with E-state index in [1.807, 2.05) is 19.2 Å². The fourth-order valence-corrected chi connectivity index (χ4v) is 2.74. The molecule has 1 aromatic carbocycles. The van der Waals surface area contributed by atoms with Crippen LogP contribution in [0.1, 0.15) is 30.5 Å². The molecule has 4 nitrogen and oxygen atoms in total. The zero-order valence-corrected chi connectivity index (χ0v) is 14.9. The zero-order valence-electron chi connectivity index (χ0n) is 14.9. The molecule has 1 heterocycles. The molecule has 0 aliphatic rings. The molecule has 0 bridgehead atoms. The van der Waals surface area contributed by atoms with Gasteiger partial charge in [-0.15, -0.1) is 0 Å². The summed E-state index contributed by atoms with van der Waals surface area (Å²) in [5.41, 5.74) is 4.85. The van der Waals surface area contributed by atoms with Gasteiger partial charge in [0, 0.05) is 31.7 Å². The Morgan fingerprint density at radius 3 is 2.29 bits per heavy atom. The Balaban J connectivity index is 1.90. The van der Waals surface area contributed by atoms with E-state index in [9.17, 15) is 4.79 Å². The number of anilines is 1. The number of hydrogen-bond donors (Lipinski definition) is 1. The molecular weight excluding hydrogens is 298 g/mol. The Kier molecular flexibility index (Phi) is 6.79. The third-order valence-corrected chi connectivity index (χ3v) is 4.33. The predicted molar refractivity (Wildman–Crippen MR) is 99.3 cm³/mol. The van der Waals surface area contributed by atoms with Crippen molar-refractivity contribution >= 4 is 11.6 Å². The number of hydrogen-bond acceptors (Lipinski definition) is 3. The van der Waals surface area contributed by atoms with E-state index in [4.69, 9.17) is 0 Å². The standard InChI is InChI=1S/C20H27N3O/c1-4-17-7-6-8-18(5-2)20(17)22-15-19(24)23(3)14-11-16-9-12-21-13-10-16/h6-10,12-13,22H,4-5,11,14-15H2,1-3H3. The monoisotopic (exact) mass is 325 g/mol. The molecule has 0 fully saturated rings. The molecule has 0 atom stereocenters. The van der Waals surface area contributed by atoms with Gasteiger partial charge in [-0.25, -0.2) is 0 Å². The largest absolute Gasteiger partial charge is 0.376 e. The van der Waals surface area contributed by atoms with Crippen LogP contribution in [0.5, 0.6) is 0 Å².